The molecule has 46 valence electrons. The average molecular weight is 128 g/mol. The van der Waals surface area contributed by atoms with Crippen molar-refractivity contribution >= 4 is 20.4 Å². The van der Waals surface area contributed by atoms with Crippen LogP contribution in [0.5, 0.6) is 0 Å². The molecule has 0 N–H and O–H groups in total. The Kier molecular flexibility index (Phi) is 2.43. The normalized spacial score (nSPS) is 8.80. The van der Waals surface area contributed by atoms with Crippen LogP contribution in [0.15, 0.2) is 24.1 Å². The monoisotopic (exact) mass is 128 g/mol. The first kappa shape index (κ1) is 7.26. The molecule has 0 fully saturated rings. The van der Waals surface area contributed by atoms with Gasteiger partial charge in [0.25, 0.3) is 0 Å². The van der Waals surface area contributed by atoms with E-state index in [9.17, 15) is 4.79 Å². The zero-order valence-corrected chi connectivity index (χ0v) is 5.58. The van der Waals surface area contributed by atoms with E-state index in [1.807, 2.05) is 31.0 Å². The van der Waals surface area contributed by atoms with Crippen LogP contribution in [0.2, 0.25) is 0 Å². The standard InChI is InChI=1S/C7H6B2O/c8-7(10)5-6-1-3-9-4-2-6/h1-4H,5H2. The van der Waals surface area contributed by atoms with Crippen molar-refractivity contribution < 1.29 is 4.79 Å². The van der Waals surface area contributed by atoms with Crippen molar-refractivity contribution in [1.29, 1.82) is 0 Å². The molecule has 1 aromatic heterocycles. The van der Waals surface area contributed by atoms with E-state index in [0.29, 0.717) is 6.42 Å². The van der Waals surface area contributed by atoms with Crippen LogP contribution in [-0.4, -0.2) is 20.4 Å². The molecule has 0 aliphatic rings. The summed E-state index contributed by atoms with van der Waals surface area (Å²) in [5.74, 6) is 3.77. The van der Waals surface area contributed by atoms with Crippen molar-refractivity contribution in [2.24, 2.45) is 0 Å². The predicted molar refractivity (Wildman–Crippen MR) is 42.3 cm³/mol. The second-order valence-electron chi connectivity index (χ2n) is 2.13. The molecule has 10 heavy (non-hydrogen) atoms. The van der Waals surface area contributed by atoms with Crippen LogP contribution in [0.25, 0.3) is 0 Å². The van der Waals surface area contributed by atoms with Crippen molar-refractivity contribution in [2.75, 3.05) is 0 Å². The summed E-state index contributed by atoms with van der Waals surface area (Å²) in [5, 5.41) is 0. The molecule has 0 spiro atoms. The quantitative estimate of drug-likeness (QED) is 0.522. The number of carbonyl (C=O) groups excluding carboxylic acids is 1. The van der Waals surface area contributed by atoms with Crippen LogP contribution in [0, 0.1) is 0 Å². The van der Waals surface area contributed by atoms with Gasteiger partial charge in [-0.25, -0.2) is 0 Å². The summed E-state index contributed by atoms with van der Waals surface area (Å²) >= 11 is 0. The van der Waals surface area contributed by atoms with E-state index < -0.39 is 0 Å². The first-order chi connectivity index (χ1) is 4.79. The van der Waals surface area contributed by atoms with Gasteiger partial charge in [0.15, 0.2) is 0 Å². The summed E-state index contributed by atoms with van der Waals surface area (Å²) in [6.07, 6.45) is 0.334. The second kappa shape index (κ2) is 3.35. The summed E-state index contributed by atoms with van der Waals surface area (Å²) in [5.41, 5.74) is 0.682. The Balaban J connectivity index is 2.67. The van der Waals surface area contributed by atoms with Gasteiger partial charge < -0.3 is 0 Å². The van der Waals surface area contributed by atoms with Crippen LogP contribution < -0.4 is 0 Å². The SMILES string of the molecule is [B]C(=O)Cc1ccbcc1. The maximum atomic E-state index is 10.4. The summed E-state index contributed by atoms with van der Waals surface area (Å²) in [6, 6.07) is 3.76. The molecular formula is C7H6B2O. The van der Waals surface area contributed by atoms with E-state index in [2.05, 4.69) is 0 Å². The first-order valence-electron chi connectivity index (χ1n) is 3.11. The fourth-order valence-corrected chi connectivity index (χ4v) is 0.797. The zero-order chi connectivity index (χ0) is 7.40. The predicted octanol–water partition coefficient (Wildman–Crippen LogP) is 0.262. The van der Waals surface area contributed by atoms with E-state index >= 15 is 0 Å². The van der Waals surface area contributed by atoms with Gasteiger partial charge in [-0.1, -0.05) is 0 Å². The first-order valence-corrected chi connectivity index (χ1v) is 3.11. The van der Waals surface area contributed by atoms with E-state index in [0.717, 1.165) is 5.56 Å². The fourth-order valence-electron chi connectivity index (χ4n) is 0.797. The fraction of sp³-hybridized carbons (Fsp3) is 0.143. The maximum absolute atomic E-state index is 10.4. The second-order valence-corrected chi connectivity index (χ2v) is 2.13. The Labute approximate surface area is 62.1 Å². The Morgan fingerprint density at radius 2 is 2.10 bits per heavy atom. The molecule has 0 saturated carbocycles. The molecule has 1 rings (SSSR count). The third-order valence-electron chi connectivity index (χ3n) is 1.22. The molecule has 3 heteroatoms. The summed E-state index contributed by atoms with van der Waals surface area (Å²) < 4.78 is 0. The van der Waals surface area contributed by atoms with Gasteiger partial charge >= 0.3 is 61.3 Å². The summed E-state index contributed by atoms with van der Waals surface area (Å²) in [6.45, 7) is 1.91. The Hall–Kier alpha value is -0.850. The van der Waals surface area contributed by atoms with Crippen LogP contribution >= 0.6 is 0 Å². The zero-order valence-electron chi connectivity index (χ0n) is 5.58. The van der Waals surface area contributed by atoms with Crippen molar-refractivity contribution in [3.05, 3.63) is 29.6 Å². The van der Waals surface area contributed by atoms with Gasteiger partial charge in [0, 0.05) is 0 Å². The molecule has 0 aliphatic heterocycles. The van der Waals surface area contributed by atoms with Gasteiger partial charge in [0.2, 0.25) is 0 Å². The molecule has 0 bridgehead atoms. The summed E-state index contributed by atoms with van der Waals surface area (Å²) in [7, 11) is 4.99. The van der Waals surface area contributed by atoms with E-state index in [-0.39, 0.29) is 5.68 Å². The topological polar surface area (TPSA) is 17.1 Å². The number of hydrogen-bond donors (Lipinski definition) is 0. The molecule has 2 radical (unpaired) electrons. The van der Waals surface area contributed by atoms with Crippen LogP contribution in [-0.2, 0) is 11.2 Å². The van der Waals surface area contributed by atoms with Crippen molar-refractivity contribution in [1.82, 2.24) is 0 Å². The molecule has 1 nitrogen and oxygen atoms in total. The number of rotatable bonds is 2. The molecule has 1 aromatic rings. The summed E-state index contributed by atoms with van der Waals surface area (Å²) in [4.78, 5) is 10.4. The van der Waals surface area contributed by atoms with Crippen molar-refractivity contribution in [3.63, 3.8) is 0 Å². The van der Waals surface area contributed by atoms with Gasteiger partial charge in [-0.05, 0) is 0 Å². The number of carbonyl (C=O) groups is 1. The van der Waals surface area contributed by atoms with Gasteiger partial charge in [0.05, 0.1) is 0 Å². The molecule has 0 aliphatic carbocycles. The van der Waals surface area contributed by atoms with Crippen LogP contribution in [0.4, 0.5) is 0 Å². The Morgan fingerprint density at radius 1 is 1.50 bits per heavy atom. The molecule has 1 heterocycles. The molecule has 0 amide bonds. The third-order valence-corrected chi connectivity index (χ3v) is 1.22. The Morgan fingerprint density at radius 3 is 2.60 bits per heavy atom. The van der Waals surface area contributed by atoms with Gasteiger partial charge in [-0.3, -0.25) is 0 Å². The molecule has 0 atom stereocenters. The van der Waals surface area contributed by atoms with Crippen LogP contribution in [0.1, 0.15) is 5.56 Å². The minimum absolute atomic E-state index is 0.286. The third kappa shape index (κ3) is 2.18. The Bertz CT molecular complexity index is 220. The molecule has 0 saturated heterocycles. The van der Waals surface area contributed by atoms with Gasteiger partial charge in [-0.2, -0.15) is 0 Å². The van der Waals surface area contributed by atoms with Gasteiger partial charge in [0.1, 0.15) is 0 Å². The number of hydrogen-bond acceptors (Lipinski definition) is 1. The van der Waals surface area contributed by atoms with Crippen molar-refractivity contribution in [2.45, 2.75) is 6.42 Å². The van der Waals surface area contributed by atoms with E-state index in [4.69, 9.17) is 7.85 Å². The van der Waals surface area contributed by atoms with E-state index in [1.54, 1.807) is 0 Å². The molecule has 0 unspecified atom stereocenters. The van der Waals surface area contributed by atoms with E-state index in [1.165, 1.54) is 0 Å². The van der Waals surface area contributed by atoms with Crippen LogP contribution in [0.3, 0.4) is 0 Å². The average Bonchev–Trinajstić information content (AvgIpc) is 1.88. The molecule has 0 aromatic carbocycles. The minimum atomic E-state index is -0.286. The van der Waals surface area contributed by atoms with Crippen molar-refractivity contribution in [3.8, 4) is 0 Å². The molecular weight excluding hydrogens is 122 g/mol. The van der Waals surface area contributed by atoms with Gasteiger partial charge in [-0.15, -0.1) is 0 Å².